The molecule has 0 aromatic carbocycles. The average Bonchev–Trinajstić information content (AvgIpc) is 3.01. The predicted octanol–water partition coefficient (Wildman–Crippen LogP) is 2.11. The topological polar surface area (TPSA) is 70.6 Å². The van der Waals surface area contributed by atoms with Crippen LogP contribution in [0.4, 0.5) is 0 Å². The first-order valence-electron chi connectivity index (χ1n) is 7.62. The number of pyridine rings is 2. The molecule has 0 unspecified atom stereocenters. The molecular formula is C18H14N4O2. The van der Waals surface area contributed by atoms with E-state index < -0.39 is 0 Å². The first-order chi connectivity index (χ1) is 11.7. The molecule has 1 aliphatic heterocycles. The molecule has 0 bridgehead atoms. The third-order valence-corrected chi connectivity index (χ3v) is 4.04. The second-order valence-corrected chi connectivity index (χ2v) is 5.71. The highest BCUT2D eigenvalue weighted by atomic mass is 16.5. The fourth-order valence-electron chi connectivity index (χ4n) is 2.75. The maximum absolute atomic E-state index is 12.5. The number of carbonyl (C=O) groups excluding carboxylic acids is 1. The number of hydrogen-bond acceptors (Lipinski definition) is 4. The quantitative estimate of drug-likeness (QED) is 0.741. The van der Waals surface area contributed by atoms with Gasteiger partial charge in [-0.25, -0.2) is 4.98 Å². The molecule has 4 rings (SSSR count). The molecule has 118 valence electrons. The Morgan fingerprint density at radius 3 is 2.96 bits per heavy atom. The number of fused-ring (bicyclic) bond motifs is 1. The molecule has 1 amide bonds. The molecule has 0 radical (unpaired) electrons. The number of hydrogen-bond donors (Lipinski definition) is 0. The van der Waals surface area contributed by atoms with Gasteiger partial charge in [0, 0.05) is 30.2 Å². The summed E-state index contributed by atoms with van der Waals surface area (Å²) in [7, 11) is 0. The number of carbonyl (C=O) groups is 1. The van der Waals surface area contributed by atoms with Crippen molar-refractivity contribution in [1.29, 1.82) is 5.26 Å². The van der Waals surface area contributed by atoms with Gasteiger partial charge in [0.2, 0.25) is 5.88 Å². The molecule has 1 saturated heterocycles. The van der Waals surface area contributed by atoms with Crippen LogP contribution in [-0.2, 0) is 0 Å². The van der Waals surface area contributed by atoms with Crippen molar-refractivity contribution in [2.24, 2.45) is 0 Å². The normalized spacial score (nSPS) is 14.2. The zero-order chi connectivity index (χ0) is 16.5. The van der Waals surface area contributed by atoms with Gasteiger partial charge >= 0.3 is 0 Å². The van der Waals surface area contributed by atoms with Crippen LogP contribution in [0.1, 0.15) is 15.9 Å². The Balaban J connectivity index is 1.40. The van der Waals surface area contributed by atoms with E-state index in [9.17, 15) is 4.79 Å². The first kappa shape index (κ1) is 14.3. The Hall–Kier alpha value is -3.33. The summed E-state index contributed by atoms with van der Waals surface area (Å²) in [6, 6.07) is 13.0. The van der Waals surface area contributed by atoms with Crippen LogP contribution in [0, 0.1) is 11.3 Å². The van der Waals surface area contributed by atoms with Gasteiger partial charge in [0.1, 0.15) is 6.10 Å². The Labute approximate surface area is 138 Å². The summed E-state index contributed by atoms with van der Waals surface area (Å²) in [5.74, 6) is 0.415. The summed E-state index contributed by atoms with van der Waals surface area (Å²) in [6.45, 7) is 1.03. The van der Waals surface area contributed by atoms with Crippen molar-refractivity contribution in [3.8, 4) is 11.9 Å². The average molecular weight is 318 g/mol. The van der Waals surface area contributed by atoms with Crippen molar-refractivity contribution in [3.05, 3.63) is 66.1 Å². The number of aromatic nitrogens is 2. The van der Waals surface area contributed by atoms with E-state index in [-0.39, 0.29) is 12.0 Å². The molecule has 4 heterocycles. The molecular weight excluding hydrogens is 304 g/mol. The zero-order valence-corrected chi connectivity index (χ0v) is 12.8. The Morgan fingerprint density at radius 1 is 1.29 bits per heavy atom. The van der Waals surface area contributed by atoms with Crippen molar-refractivity contribution < 1.29 is 9.53 Å². The van der Waals surface area contributed by atoms with E-state index in [1.54, 1.807) is 23.2 Å². The Bertz CT molecular complexity index is 918. The summed E-state index contributed by atoms with van der Waals surface area (Å²) in [4.78, 5) is 18.3. The van der Waals surface area contributed by atoms with E-state index in [1.807, 2.05) is 41.1 Å². The minimum atomic E-state index is -0.0903. The SMILES string of the molecule is N#Cc1ccnc(OC2CN(C(=O)c3cc4ccccn4c3)C2)c1. The smallest absolute Gasteiger partial charge is 0.255 e. The van der Waals surface area contributed by atoms with Gasteiger partial charge in [-0.2, -0.15) is 5.26 Å². The van der Waals surface area contributed by atoms with Crippen LogP contribution in [0.5, 0.6) is 5.88 Å². The molecule has 0 spiro atoms. The highest BCUT2D eigenvalue weighted by Crippen LogP contribution is 2.20. The van der Waals surface area contributed by atoms with Crippen molar-refractivity contribution in [3.63, 3.8) is 0 Å². The largest absolute Gasteiger partial charge is 0.471 e. The zero-order valence-electron chi connectivity index (χ0n) is 12.8. The van der Waals surface area contributed by atoms with Crippen LogP contribution in [0.25, 0.3) is 5.52 Å². The summed E-state index contributed by atoms with van der Waals surface area (Å²) in [5.41, 5.74) is 2.17. The van der Waals surface area contributed by atoms with Crippen LogP contribution in [0.3, 0.4) is 0 Å². The molecule has 0 aliphatic carbocycles. The van der Waals surface area contributed by atoms with Gasteiger partial charge in [0.25, 0.3) is 5.91 Å². The van der Waals surface area contributed by atoms with Crippen LogP contribution in [0.2, 0.25) is 0 Å². The highest BCUT2D eigenvalue weighted by molar-refractivity contribution is 5.96. The number of likely N-dealkylation sites (tertiary alicyclic amines) is 1. The maximum Gasteiger partial charge on any atom is 0.255 e. The highest BCUT2D eigenvalue weighted by Gasteiger charge is 2.33. The molecule has 0 atom stereocenters. The second-order valence-electron chi connectivity index (χ2n) is 5.71. The third kappa shape index (κ3) is 2.57. The summed E-state index contributed by atoms with van der Waals surface area (Å²) >= 11 is 0. The predicted molar refractivity (Wildman–Crippen MR) is 86.7 cm³/mol. The van der Waals surface area contributed by atoms with Crippen molar-refractivity contribution in [1.82, 2.24) is 14.3 Å². The number of nitriles is 1. The molecule has 1 fully saturated rings. The van der Waals surface area contributed by atoms with Gasteiger partial charge in [-0.05, 0) is 24.3 Å². The van der Waals surface area contributed by atoms with Crippen LogP contribution < -0.4 is 4.74 Å². The molecule has 0 saturated carbocycles. The van der Waals surface area contributed by atoms with Gasteiger partial charge in [0.15, 0.2) is 0 Å². The van der Waals surface area contributed by atoms with Crippen molar-refractivity contribution in [2.45, 2.75) is 6.10 Å². The van der Waals surface area contributed by atoms with E-state index in [0.717, 1.165) is 5.52 Å². The third-order valence-electron chi connectivity index (χ3n) is 4.04. The molecule has 1 aliphatic rings. The maximum atomic E-state index is 12.5. The number of nitrogens with zero attached hydrogens (tertiary/aromatic N) is 4. The Kier molecular flexibility index (Phi) is 3.39. The van der Waals surface area contributed by atoms with Crippen molar-refractivity contribution in [2.75, 3.05) is 13.1 Å². The van der Waals surface area contributed by atoms with E-state index in [1.165, 1.54) is 0 Å². The molecule has 24 heavy (non-hydrogen) atoms. The fourth-order valence-corrected chi connectivity index (χ4v) is 2.75. The van der Waals surface area contributed by atoms with Gasteiger partial charge in [-0.3, -0.25) is 4.79 Å². The van der Waals surface area contributed by atoms with Gasteiger partial charge < -0.3 is 14.0 Å². The number of amides is 1. The van der Waals surface area contributed by atoms with Gasteiger partial charge in [-0.15, -0.1) is 0 Å². The van der Waals surface area contributed by atoms with Crippen LogP contribution in [-0.4, -0.2) is 39.4 Å². The summed E-state index contributed by atoms with van der Waals surface area (Å²) in [5, 5.41) is 8.88. The second kappa shape index (κ2) is 5.70. The Morgan fingerprint density at radius 2 is 2.17 bits per heavy atom. The standard InChI is InChI=1S/C18H14N4O2/c19-9-13-4-5-20-17(7-13)24-16-11-22(12-16)18(23)14-8-15-3-1-2-6-21(15)10-14/h1-8,10,16H,11-12H2. The van der Waals surface area contributed by atoms with E-state index in [4.69, 9.17) is 10.00 Å². The lowest BCUT2D eigenvalue weighted by Gasteiger charge is -2.38. The summed E-state index contributed by atoms with van der Waals surface area (Å²) in [6.07, 6.45) is 5.21. The molecule has 3 aromatic heterocycles. The molecule has 0 N–H and O–H groups in total. The lowest BCUT2D eigenvalue weighted by molar-refractivity contribution is 0.0160. The van der Waals surface area contributed by atoms with Gasteiger partial charge in [0.05, 0.1) is 30.3 Å². The van der Waals surface area contributed by atoms with Crippen molar-refractivity contribution >= 4 is 11.4 Å². The van der Waals surface area contributed by atoms with E-state index >= 15 is 0 Å². The lowest BCUT2D eigenvalue weighted by Crippen LogP contribution is -2.56. The van der Waals surface area contributed by atoms with E-state index in [0.29, 0.717) is 30.1 Å². The number of rotatable bonds is 3. The van der Waals surface area contributed by atoms with E-state index in [2.05, 4.69) is 11.1 Å². The molecule has 3 aromatic rings. The lowest BCUT2D eigenvalue weighted by atomic mass is 10.1. The minimum Gasteiger partial charge on any atom is -0.471 e. The molecule has 6 heteroatoms. The first-order valence-corrected chi connectivity index (χ1v) is 7.62. The number of ether oxygens (including phenoxy) is 1. The molecule has 6 nitrogen and oxygen atoms in total. The summed E-state index contributed by atoms with van der Waals surface area (Å²) < 4.78 is 7.64. The van der Waals surface area contributed by atoms with Crippen LogP contribution in [0.15, 0.2) is 55.0 Å². The monoisotopic (exact) mass is 318 g/mol. The fraction of sp³-hybridized carbons (Fsp3) is 0.167. The van der Waals surface area contributed by atoms with Gasteiger partial charge in [-0.1, -0.05) is 6.07 Å². The van der Waals surface area contributed by atoms with Crippen LogP contribution >= 0.6 is 0 Å². The minimum absolute atomic E-state index is 0.00251.